The largest absolute Gasteiger partial charge is 0.493 e. The molecule has 1 heterocycles. The molecule has 0 radical (unpaired) electrons. The summed E-state index contributed by atoms with van der Waals surface area (Å²) in [5.74, 6) is -0.366. The molecule has 7 nitrogen and oxygen atoms in total. The zero-order valence-electron chi connectivity index (χ0n) is 20.1. The minimum atomic E-state index is -0.739. The van der Waals surface area contributed by atoms with Gasteiger partial charge in [-0.2, -0.15) is 0 Å². The van der Waals surface area contributed by atoms with Crippen LogP contribution < -0.4 is 19.3 Å². The van der Waals surface area contributed by atoms with Crippen LogP contribution in [0.2, 0.25) is 0 Å². The van der Waals surface area contributed by atoms with Crippen molar-refractivity contribution in [2.75, 3.05) is 23.5 Å². The second-order valence-corrected chi connectivity index (χ2v) is 7.93. The van der Waals surface area contributed by atoms with Crippen molar-refractivity contribution >= 4 is 35.3 Å². The van der Waals surface area contributed by atoms with Crippen LogP contribution in [0.25, 0.3) is 6.08 Å². The van der Waals surface area contributed by atoms with E-state index in [0.29, 0.717) is 41.5 Å². The van der Waals surface area contributed by atoms with Crippen molar-refractivity contribution in [2.45, 2.75) is 13.3 Å². The van der Waals surface area contributed by atoms with Gasteiger partial charge in [-0.15, -0.1) is 6.58 Å². The molecule has 0 atom stereocenters. The third kappa shape index (κ3) is 4.63. The van der Waals surface area contributed by atoms with E-state index in [-0.39, 0.29) is 5.57 Å². The van der Waals surface area contributed by atoms with E-state index in [0.717, 1.165) is 15.4 Å². The van der Waals surface area contributed by atoms with Gasteiger partial charge in [-0.1, -0.05) is 42.5 Å². The molecule has 0 bridgehead atoms. The highest BCUT2D eigenvalue weighted by Crippen LogP contribution is 2.35. The number of ether oxygens (including phenoxy) is 2. The monoisotopic (exact) mass is 482 g/mol. The van der Waals surface area contributed by atoms with Crippen LogP contribution in [0.4, 0.5) is 16.2 Å². The van der Waals surface area contributed by atoms with E-state index in [1.54, 1.807) is 79.9 Å². The molecule has 182 valence electrons. The van der Waals surface area contributed by atoms with Gasteiger partial charge in [0.1, 0.15) is 5.57 Å². The van der Waals surface area contributed by atoms with E-state index in [1.807, 2.05) is 13.0 Å². The quantitative estimate of drug-likeness (QED) is 0.244. The number of benzene rings is 3. The summed E-state index contributed by atoms with van der Waals surface area (Å²) in [5, 5.41) is 0. The highest BCUT2D eigenvalue weighted by Gasteiger charge is 2.43. The molecule has 4 rings (SSSR count). The maximum absolute atomic E-state index is 13.6. The summed E-state index contributed by atoms with van der Waals surface area (Å²) in [6, 6.07) is 19.8. The van der Waals surface area contributed by atoms with Gasteiger partial charge >= 0.3 is 6.03 Å². The van der Waals surface area contributed by atoms with Crippen LogP contribution in [0.1, 0.15) is 18.1 Å². The van der Waals surface area contributed by atoms with Gasteiger partial charge in [0, 0.05) is 5.56 Å². The maximum Gasteiger partial charge on any atom is 0.343 e. The smallest absolute Gasteiger partial charge is 0.343 e. The molecule has 0 N–H and O–H groups in total. The number of amides is 4. The highest BCUT2D eigenvalue weighted by molar-refractivity contribution is 6.46. The first-order valence-corrected chi connectivity index (χ1v) is 11.5. The fourth-order valence-corrected chi connectivity index (χ4v) is 4.07. The molecule has 3 aromatic rings. The lowest BCUT2D eigenvalue weighted by atomic mass is 10.0. The van der Waals surface area contributed by atoms with Crippen LogP contribution in [0.15, 0.2) is 91.0 Å². The van der Waals surface area contributed by atoms with Gasteiger partial charge in [-0.05, 0) is 61.4 Å². The van der Waals surface area contributed by atoms with Crippen molar-refractivity contribution in [3.63, 3.8) is 0 Å². The van der Waals surface area contributed by atoms with E-state index in [2.05, 4.69) is 6.58 Å². The van der Waals surface area contributed by atoms with Crippen LogP contribution in [0.3, 0.4) is 0 Å². The minimum absolute atomic E-state index is 0.153. The number of methoxy groups -OCH3 is 1. The van der Waals surface area contributed by atoms with Crippen molar-refractivity contribution in [1.29, 1.82) is 0 Å². The average Bonchev–Trinajstić information content (AvgIpc) is 2.88. The lowest BCUT2D eigenvalue weighted by Crippen LogP contribution is -2.57. The molecule has 4 amide bonds. The number of anilines is 2. The van der Waals surface area contributed by atoms with Crippen molar-refractivity contribution in [2.24, 2.45) is 0 Å². The number of nitrogens with zero attached hydrogens (tertiary/aromatic N) is 2. The van der Waals surface area contributed by atoms with Gasteiger partial charge in [0.2, 0.25) is 0 Å². The molecule has 1 aliphatic rings. The molecule has 1 fully saturated rings. The Balaban J connectivity index is 1.89. The number of allylic oxidation sites excluding steroid dienone is 1. The summed E-state index contributed by atoms with van der Waals surface area (Å²) >= 11 is 0. The first-order chi connectivity index (χ1) is 17.5. The number of para-hydroxylation sites is 2. The fraction of sp³-hybridized carbons (Fsp3) is 0.138. The Morgan fingerprint density at radius 2 is 1.42 bits per heavy atom. The highest BCUT2D eigenvalue weighted by atomic mass is 16.5. The summed E-state index contributed by atoms with van der Waals surface area (Å²) in [4.78, 5) is 42.6. The molecular weight excluding hydrogens is 456 g/mol. The summed E-state index contributed by atoms with van der Waals surface area (Å²) in [7, 11) is 1.55. The van der Waals surface area contributed by atoms with Gasteiger partial charge in [-0.25, -0.2) is 14.6 Å². The lowest BCUT2D eigenvalue weighted by Gasteiger charge is -2.34. The number of carbonyl (C=O) groups is 3. The Hall–Kier alpha value is -4.65. The molecule has 0 saturated carbocycles. The SMILES string of the molecule is C=CCc1cc(C=C2C(=O)N(c3ccccc3)C(=O)N(c3ccccc3)C2=O)cc(OCC)c1OC. The van der Waals surface area contributed by atoms with Gasteiger partial charge < -0.3 is 9.47 Å². The minimum Gasteiger partial charge on any atom is -0.493 e. The zero-order valence-corrected chi connectivity index (χ0v) is 20.1. The first kappa shape index (κ1) is 24.5. The standard InChI is InChI=1S/C29H26N2O5/c1-4-12-21-17-20(19-25(36-5-2)26(21)35-3)18-24-27(32)30(22-13-8-6-9-14-22)29(34)31(28(24)33)23-15-10-7-11-16-23/h4,6-11,13-19H,1,5,12H2,2-3H3. The number of urea groups is 1. The molecule has 0 spiro atoms. The van der Waals surface area contributed by atoms with Crippen molar-refractivity contribution in [3.8, 4) is 11.5 Å². The van der Waals surface area contributed by atoms with Crippen molar-refractivity contribution < 1.29 is 23.9 Å². The van der Waals surface area contributed by atoms with Crippen LogP contribution in [-0.4, -0.2) is 31.6 Å². The Morgan fingerprint density at radius 1 is 0.861 bits per heavy atom. The summed E-state index contributed by atoms with van der Waals surface area (Å²) in [6.07, 6.45) is 3.71. The summed E-state index contributed by atoms with van der Waals surface area (Å²) in [5.41, 5.74) is 1.92. The molecule has 7 heteroatoms. The Morgan fingerprint density at radius 3 is 1.89 bits per heavy atom. The molecule has 1 saturated heterocycles. The van der Waals surface area contributed by atoms with Crippen molar-refractivity contribution in [3.05, 3.63) is 102 Å². The zero-order chi connectivity index (χ0) is 25.7. The molecular formula is C29H26N2O5. The average molecular weight is 483 g/mol. The van der Waals surface area contributed by atoms with Crippen LogP contribution in [0, 0.1) is 0 Å². The number of carbonyl (C=O) groups excluding carboxylic acids is 3. The summed E-state index contributed by atoms with van der Waals surface area (Å²) in [6.45, 7) is 6.06. The number of hydrogen-bond acceptors (Lipinski definition) is 5. The topological polar surface area (TPSA) is 76.2 Å². The lowest BCUT2D eigenvalue weighted by molar-refractivity contribution is -0.121. The first-order valence-electron chi connectivity index (χ1n) is 11.5. The van der Waals surface area contributed by atoms with E-state index in [9.17, 15) is 14.4 Å². The molecule has 36 heavy (non-hydrogen) atoms. The van der Waals surface area contributed by atoms with E-state index in [4.69, 9.17) is 9.47 Å². The third-order valence-corrected chi connectivity index (χ3v) is 5.61. The predicted molar refractivity (Wildman–Crippen MR) is 139 cm³/mol. The normalized spacial score (nSPS) is 13.6. The van der Waals surface area contributed by atoms with Gasteiger partial charge in [0.25, 0.3) is 11.8 Å². The van der Waals surface area contributed by atoms with Gasteiger partial charge in [0.15, 0.2) is 11.5 Å². The number of hydrogen-bond donors (Lipinski definition) is 0. The van der Waals surface area contributed by atoms with Crippen LogP contribution in [0.5, 0.6) is 11.5 Å². The molecule has 3 aromatic carbocycles. The van der Waals surface area contributed by atoms with Crippen molar-refractivity contribution in [1.82, 2.24) is 0 Å². The number of barbiturate groups is 1. The molecule has 0 unspecified atom stereocenters. The van der Waals surface area contributed by atoms with Crippen LogP contribution in [-0.2, 0) is 16.0 Å². The Kier molecular flexibility index (Phi) is 7.30. The second kappa shape index (κ2) is 10.7. The van der Waals surface area contributed by atoms with E-state index >= 15 is 0 Å². The molecule has 1 aliphatic heterocycles. The Bertz CT molecular complexity index is 1270. The fourth-order valence-electron chi connectivity index (χ4n) is 4.07. The predicted octanol–water partition coefficient (Wildman–Crippen LogP) is 5.41. The molecule has 0 aromatic heterocycles. The second-order valence-electron chi connectivity index (χ2n) is 7.93. The van der Waals surface area contributed by atoms with Gasteiger partial charge in [-0.3, -0.25) is 9.59 Å². The van der Waals surface area contributed by atoms with E-state index < -0.39 is 17.8 Å². The molecule has 0 aliphatic carbocycles. The third-order valence-electron chi connectivity index (χ3n) is 5.61. The van der Waals surface area contributed by atoms with Crippen LogP contribution >= 0.6 is 0 Å². The number of rotatable bonds is 8. The Labute approximate surface area is 209 Å². The van der Waals surface area contributed by atoms with Gasteiger partial charge in [0.05, 0.1) is 25.1 Å². The summed E-state index contributed by atoms with van der Waals surface area (Å²) < 4.78 is 11.3. The van der Waals surface area contributed by atoms with E-state index in [1.165, 1.54) is 6.08 Å². The number of imide groups is 2. The maximum atomic E-state index is 13.6.